The van der Waals surface area contributed by atoms with E-state index in [2.05, 4.69) is 15.6 Å². The Hall–Kier alpha value is -2.68. The molecule has 1 aromatic carbocycles. The highest BCUT2D eigenvalue weighted by Crippen LogP contribution is 2.29. The van der Waals surface area contributed by atoms with Gasteiger partial charge in [0.1, 0.15) is 11.7 Å². The Balaban J connectivity index is 3.05. The van der Waals surface area contributed by atoms with Crippen molar-refractivity contribution in [1.82, 2.24) is 10.6 Å². The van der Waals surface area contributed by atoms with Gasteiger partial charge in [-0.3, -0.25) is 4.79 Å². The zero-order valence-corrected chi connectivity index (χ0v) is 13.7. The number of carbonyl (C=O) groups is 1. The number of benzene rings is 1. The molecule has 0 bridgehead atoms. The van der Waals surface area contributed by atoms with Gasteiger partial charge in [0.15, 0.2) is 6.29 Å². The topological polar surface area (TPSA) is 97.6 Å². The monoisotopic (exact) mass is 356 g/mol. The number of hydrogen-bond acceptors (Lipinski definition) is 5. The molecule has 4 N–H and O–H groups in total. The van der Waals surface area contributed by atoms with Crippen LogP contribution >= 0.6 is 0 Å². The molecule has 0 aromatic heterocycles. The Kier molecular flexibility index (Phi) is 7.31. The molecule has 6 nitrogen and oxygen atoms in total. The van der Waals surface area contributed by atoms with E-state index in [9.17, 15) is 18.0 Å². The minimum absolute atomic E-state index is 0.0424. The second-order valence-electron chi connectivity index (χ2n) is 5.01. The first-order valence-corrected chi connectivity index (χ1v) is 7.24. The number of alkyl halides is 3. The summed E-state index contributed by atoms with van der Waals surface area (Å²) in [4.78, 5) is 15.3. The van der Waals surface area contributed by atoms with Gasteiger partial charge in [-0.25, -0.2) is 4.99 Å². The highest BCUT2D eigenvalue weighted by atomic mass is 19.4. The van der Waals surface area contributed by atoms with Crippen molar-refractivity contribution in [3.8, 4) is 0 Å². The summed E-state index contributed by atoms with van der Waals surface area (Å²) in [5.41, 5.74) is -0.683. The maximum atomic E-state index is 12.6. The average Bonchev–Trinajstić information content (AvgIpc) is 2.59. The van der Waals surface area contributed by atoms with Crippen molar-refractivity contribution < 1.29 is 23.1 Å². The molecular formula is C16H19F3N4O2. The van der Waals surface area contributed by atoms with Crippen LogP contribution in [0.3, 0.4) is 0 Å². The van der Waals surface area contributed by atoms with E-state index in [0.717, 1.165) is 12.1 Å². The van der Waals surface area contributed by atoms with E-state index in [1.54, 1.807) is 14.0 Å². The van der Waals surface area contributed by atoms with E-state index < -0.39 is 18.3 Å². The highest BCUT2D eigenvalue weighted by Gasteiger charge is 2.29. The van der Waals surface area contributed by atoms with Crippen molar-refractivity contribution in [2.45, 2.75) is 19.6 Å². The first kappa shape index (κ1) is 20.4. The first-order chi connectivity index (χ1) is 11.7. The molecule has 0 heterocycles. The van der Waals surface area contributed by atoms with Gasteiger partial charge >= 0.3 is 6.18 Å². The number of nitrogens with one attached hydrogen (secondary N) is 3. The molecule has 0 fully saturated rings. The van der Waals surface area contributed by atoms with Gasteiger partial charge in [-0.15, -0.1) is 0 Å². The molecule has 0 aliphatic heterocycles. The van der Waals surface area contributed by atoms with Crippen LogP contribution in [0.4, 0.5) is 13.2 Å². The number of hydrogen-bond donors (Lipinski definition) is 4. The van der Waals surface area contributed by atoms with Crippen LogP contribution in [0.15, 0.2) is 40.7 Å². The van der Waals surface area contributed by atoms with Gasteiger partial charge in [0.25, 0.3) is 0 Å². The summed E-state index contributed by atoms with van der Waals surface area (Å²) in [5, 5.41) is 22.2. The predicted molar refractivity (Wildman–Crippen MR) is 88.4 cm³/mol. The SMILES string of the molecule is CN/C(C)=N\C(NCc1ccc(C(F)(F)F)cc1)=C(/C=O)C(=N)CO. The number of nitrogens with zero attached hydrogens (tertiary/aromatic N) is 1. The number of rotatable bonds is 7. The van der Waals surface area contributed by atoms with E-state index in [-0.39, 0.29) is 23.7 Å². The number of aliphatic imine (C=N–C) groups is 1. The van der Waals surface area contributed by atoms with Gasteiger partial charge in [0.2, 0.25) is 0 Å². The van der Waals surface area contributed by atoms with Crippen LogP contribution in [0.2, 0.25) is 0 Å². The lowest BCUT2D eigenvalue weighted by Gasteiger charge is -2.12. The van der Waals surface area contributed by atoms with Crippen LogP contribution in [-0.2, 0) is 17.5 Å². The second kappa shape index (κ2) is 8.97. The highest BCUT2D eigenvalue weighted by molar-refractivity contribution is 6.14. The van der Waals surface area contributed by atoms with Gasteiger partial charge < -0.3 is 21.1 Å². The van der Waals surface area contributed by atoms with Crippen molar-refractivity contribution in [1.29, 1.82) is 5.41 Å². The molecule has 25 heavy (non-hydrogen) atoms. The molecular weight excluding hydrogens is 337 g/mol. The lowest BCUT2D eigenvalue weighted by molar-refractivity contribution is -0.137. The molecule has 1 aromatic rings. The fraction of sp³-hybridized carbons (Fsp3) is 0.312. The van der Waals surface area contributed by atoms with Crippen LogP contribution in [0.25, 0.3) is 0 Å². The fourth-order valence-corrected chi connectivity index (χ4v) is 1.77. The Morgan fingerprint density at radius 1 is 1.32 bits per heavy atom. The largest absolute Gasteiger partial charge is 0.416 e. The molecule has 0 amide bonds. The minimum Gasteiger partial charge on any atom is -0.390 e. The predicted octanol–water partition coefficient (Wildman–Crippen LogP) is 1.86. The Labute approximate surface area is 143 Å². The Bertz CT molecular complexity index is 680. The normalized spacial score (nSPS) is 13.1. The van der Waals surface area contributed by atoms with Crippen LogP contribution in [0.1, 0.15) is 18.1 Å². The van der Waals surface area contributed by atoms with Gasteiger partial charge in [0.05, 0.1) is 23.5 Å². The maximum absolute atomic E-state index is 12.6. The number of carbonyl (C=O) groups excluding carboxylic acids is 1. The van der Waals surface area contributed by atoms with E-state index in [1.807, 2.05) is 0 Å². The van der Waals surface area contributed by atoms with Crippen LogP contribution < -0.4 is 10.6 Å². The van der Waals surface area contributed by atoms with E-state index in [0.29, 0.717) is 17.7 Å². The van der Waals surface area contributed by atoms with Crippen molar-refractivity contribution in [3.63, 3.8) is 0 Å². The summed E-state index contributed by atoms with van der Waals surface area (Å²) < 4.78 is 37.7. The summed E-state index contributed by atoms with van der Waals surface area (Å²) in [6.07, 6.45) is -4.02. The van der Waals surface area contributed by atoms with Gasteiger partial charge in [-0.2, -0.15) is 13.2 Å². The number of halogens is 3. The fourth-order valence-electron chi connectivity index (χ4n) is 1.77. The number of amidine groups is 1. The lowest BCUT2D eigenvalue weighted by atomic mass is 10.1. The first-order valence-electron chi connectivity index (χ1n) is 7.24. The van der Waals surface area contributed by atoms with E-state index in [1.165, 1.54) is 12.1 Å². The molecule has 0 saturated heterocycles. The molecule has 0 saturated carbocycles. The van der Waals surface area contributed by atoms with Crippen molar-refractivity contribution in [3.05, 3.63) is 46.8 Å². The quantitative estimate of drug-likeness (QED) is 0.259. The molecule has 0 spiro atoms. The molecule has 136 valence electrons. The molecule has 0 aliphatic rings. The third-order valence-electron chi connectivity index (χ3n) is 3.24. The Morgan fingerprint density at radius 2 is 1.92 bits per heavy atom. The van der Waals surface area contributed by atoms with Crippen molar-refractivity contribution >= 4 is 17.8 Å². The second-order valence-corrected chi connectivity index (χ2v) is 5.01. The Morgan fingerprint density at radius 3 is 2.36 bits per heavy atom. The zero-order chi connectivity index (χ0) is 19.0. The average molecular weight is 356 g/mol. The van der Waals surface area contributed by atoms with Gasteiger partial charge in [-0.1, -0.05) is 12.1 Å². The molecule has 0 radical (unpaired) electrons. The van der Waals surface area contributed by atoms with Crippen LogP contribution in [0, 0.1) is 5.41 Å². The molecule has 0 atom stereocenters. The summed E-state index contributed by atoms with van der Waals surface area (Å²) in [6.45, 7) is 1.07. The lowest BCUT2D eigenvalue weighted by Crippen LogP contribution is -2.23. The number of aliphatic hydroxyl groups excluding tert-OH is 1. The standard InChI is InChI=1S/C16H19F3N4O2/c1-10(21-2)23-15(13(8-24)14(20)9-25)22-7-11-3-5-12(6-4-11)16(17,18)19/h3-6,8,20,22,25H,7,9H2,1-2H3,(H,21,23)/b15-13+,20-14?. The number of aliphatic hydroxyl groups is 1. The maximum Gasteiger partial charge on any atom is 0.416 e. The van der Waals surface area contributed by atoms with Crippen LogP contribution in [0.5, 0.6) is 0 Å². The van der Waals surface area contributed by atoms with Gasteiger partial charge in [0, 0.05) is 13.6 Å². The number of aldehydes is 1. The smallest absolute Gasteiger partial charge is 0.390 e. The zero-order valence-electron chi connectivity index (χ0n) is 13.7. The van der Waals surface area contributed by atoms with Crippen LogP contribution in [-0.4, -0.2) is 36.6 Å². The summed E-state index contributed by atoms with van der Waals surface area (Å²) >= 11 is 0. The molecule has 9 heteroatoms. The summed E-state index contributed by atoms with van der Waals surface area (Å²) in [7, 11) is 1.62. The molecule has 0 unspecified atom stereocenters. The van der Waals surface area contributed by atoms with Gasteiger partial charge in [-0.05, 0) is 24.6 Å². The minimum atomic E-state index is -4.41. The summed E-state index contributed by atoms with van der Waals surface area (Å²) in [5.74, 6) is 0.487. The van der Waals surface area contributed by atoms with E-state index in [4.69, 9.17) is 10.5 Å². The van der Waals surface area contributed by atoms with Crippen molar-refractivity contribution in [2.75, 3.05) is 13.7 Å². The molecule has 1 rings (SSSR count). The summed E-state index contributed by atoms with van der Waals surface area (Å²) in [6, 6.07) is 4.53. The third-order valence-corrected chi connectivity index (χ3v) is 3.24. The van der Waals surface area contributed by atoms with Crippen molar-refractivity contribution in [2.24, 2.45) is 4.99 Å². The molecule has 0 aliphatic carbocycles. The van der Waals surface area contributed by atoms with E-state index >= 15 is 0 Å². The third kappa shape index (κ3) is 6.03.